The van der Waals surface area contributed by atoms with E-state index in [2.05, 4.69) is 0 Å². The first-order chi connectivity index (χ1) is 7.18. The Morgan fingerprint density at radius 3 is 2.60 bits per heavy atom. The number of esters is 1. The van der Waals surface area contributed by atoms with E-state index in [0.717, 1.165) is 5.56 Å². The highest BCUT2D eigenvalue weighted by Crippen LogP contribution is 2.35. The van der Waals surface area contributed by atoms with Crippen LogP contribution in [0.2, 0.25) is 0 Å². The lowest BCUT2D eigenvalue weighted by Crippen LogP contribution is -2.17. The third-order valence-corrected chi connectivity index (χ3v) is 2.46. The molecule has 0 radical (unpaired) electrons. The van der Waals surface area contributed by atoms with Crippen LogP contribution in [-0.4, -0.2) is 17.0 Å². The Kier molecular flexibility index (Phi) is 2.41. The normalized spacial score (nSPS) is 24.9. The summed E-state index contributed by atoms with van der Waals surface area (Å²) in [5, 5.41) is 8.93. The van der Waals surface area contributed by atoms with Gasteiger partial charge >= 0.3 is 11.9 Å². The molecule has 0 unspecified atom stereocenters. The molecular weight excluding hydrogens is 196 g/mol. The molecule has 0 amide bonds. The van der Waals surface area contributed by atoms with Gasteiger partial charge in [0, 0.05) is 0 Å². The second kappa shape index (κ2) is 3.73. The highest BCUT2D eigenvalue weighted by molar-refractivity contribution is 5.82. The molecule has 0 saturated carbocycles. The molecule has 4 nitrogen and oxygen atoms in total. The lowest BCUT2D eigenvalue weighted by molar-refractivity contribution is -0.144. The van der Waals surface area contributed by atoms with Gasteiger partial charge in [0.05, 0.1) is 6.42 Å². The van der Waals surface area contributed by atoms with E-state index in [4.69, 9.17) is 9.84 Å². The molecule has 78 valence electrons. The predicted molar refractivity (Wildman–Crippen MR) is 51.0 cm³/mol. The molecule has 0 bridgehead atoms. The standard InChI is InChI=1S/C11H10O4/c12-9-6-8(11(13)14)10(15-9)7-4-2-1-3-5-7/h1-5,8,10H,6H2,(H,13,14)/t8-,10-/m1/s1. The number of rotatable bonds is 2. The molecule has 2 atom stereocenters. The first-order valence-corrected chi connectivity index (χ1v) is 4.65. The Labute approximate surface area is 86.5 Å². The Bertz CT molecular complexity index is 385. The van der Waals surface area contributed by atoms with Crippen molar-refractivity contribution in [2.45, 2.75) is 12.5 Å². The maximum Gasteiger partial charge on any atom is 0.311 e. The molecule has 1 N–H and O–H groups in total. The lowest BCUT2D eigenvalue weighted by atomic mass is 9.95. The van der Waals surface area contributed by atoms with Gasteiger partial charge in [-0.05, 0) is 5.56 Å². The molecule has 0 aromatic heterocycles. The largest absolute Gasteiger partial charge is 0.481 e. The lowest BCUT2D eigenvalue weighted by Gasteiger charge is -2.13. The van der Waals surface area contributed by atoms with E-state index in [1.54, 1.807) is 24.3 Å². The van der Waals surface area contributed by atoms with E-state index in [1.165, 1.54) is 0 Å². The zero-order valence-electron chi connectivity index (χ0n) is 7.92. The van der Waals surface area contributed by atoms with Crippen LogP contribution in [0.3, 0.4) is 0 Å². The molecule has 0 aliphatic carbocycles. The van der Waals surface area contributed by atoms with Crippen molar-refractivity contribution in [1.29, 1.82) is 0 Å². The Morgan fingerprint density at radius 1 is 1.33 bits per heavy atom. The zero-order chi connectivity index (χ0) is 10.8. The summed E-state index contributed by atoms with van der Waals surface area (Å²) in [5.41, 5.74) is 0.732. The van der Waals surface area contributed by atoms with Gasteiger partial charge in [-0.3, -0.25) is 9.59 Å². The van der Waals surface area contributed by atoms with E-state index in [1.807, 2.05) is 6.07 Å². The van der Waals surface area contributed by atoms with Gasteiger partial charge in [-0.25, -0.2) is 0 Å². The highest BCUT2D eigenvalue weighted by Gasteiger charge is 2.40. The molecule has 1 heterocycles. The summed E-state index contributed by atoms with van der Waals surface area (Å²) in [6.07, 6.45) is -0.689. The molecule has 1 aliphatic heterocycles. The summed E-state index contributed by atoms with van der Waals surface area (Å²) in [6, 6.07) is 8.94. The SMILES string of the molecule is O=C1C[C@@H](C(=O)O)[C@@H](c2ccccc2)O1. The van der Waals surface area contributed by atoms with E-state index in [9.17, 15) is 9.59 Å². The van der Waals surface area contributed by atoms with E-state index in [-0.39, 0.29) is 6.42 Å². The first-order valence-electron chi connectivity index (χ1n) is 4.65. The highest BCUT2D eigenvalue weighted by atomic mass is 16.6. The summed E-state index contributed by atoms with van der Waals surface area (Å²) >= 11 is 0. The van der Waals surface area contributed by atoms with Crippen molar-refractivity contribution in [3.63, 3.8) is 0 Å². The summed E-state index contributed by atoms with van der Waals surface area (Å²) in [5.74, 6) is -2.20. The summed E-state index contributed by atoms with van der Waals surface area (Å²) in [7, 11) is 0. The van der Waals surface area contributed by atoms with Crippen molar-refractivity contribution in [3.8, 4) is 0 Å². The van der Waals surface area contributed by atoms with E-state index >= 15 is 0 Å². The Balaban J connectivity index is 2.28. The number of aliphatic carboxylic acids is 1. The third kappa shape index (κ3) is 1.83. The molecule has 1 aliphatic rings. The number of hydrogen-bond donors (Lipinski definition) is 1. The predicted octanol–water partition coefficient (Wildman–Crippen LogP) is 1.38. The van der Waals surface area contributed by atoms with Gasteiger partial charge in [-0.1, -0.05) is 30.3 Å². The van der Waals surface area contributed by atoms with Gasteiger partial charge < -0.3 is 9.84 Å². The maximum absolute atomic E-state index is 11.1. The van der Waals surface area contributed by atoms with E-state index < -0.39 is 24.0 Å². The molecular formula is C11H10O4. The fraction of sp³-hybridized carbons (Fsp3) is 0.273. The smallest absolute Gasteiger partial charge is 0.311 e. The van der Waals surface area contributed by atoms with Gasteiger partial charge in [0.2, 0.25) is 0 Å². The third-order valence-electron chi connectivity index (χ3n) is 2.46. The average Bonchev–Trinajstić information content (AvgIpc) is 2.62. The number of carboxylic acid groups (broad SMARTS) is 1. The topological polar surface area (TPSA) is 63.6 Å². The minimum absolute atomic E-state index is 0.0467. The van der Waals surface area contributed by atoms with Crippen molar-refractivity contribution in [2.24, 2.45) is 5.92 Å². The molecule has 1 saturated heterocycles. The molecule has 0 spiro atoms. The van der Waals surface area contributed by atoms with Crippen LogP contribution >= 0.6 is 0 Å². The monoisotopic (exact) mass is 206 g/mol. The van der Waals surface area contributed by atoms with Crippen LogP contribution in [0.5, 0.6) is 0 Å². The first kappa shape index (κ1) is 9.71. The zero-order valence-corrected chi connectivity index (χ0v) is 7.92. The fourth-order valence-electron chi connectivity index (χ4n) is 1.72. The number of carboxylic acids is 1. The molecule has 1 aromatic rings. The molecule has 2 rings (SSSR count). The average molecular weight is 206 g/mol. The summed E-state index contributed by atoms with van der Waals surface area (Å²) in [6.45, 7) is 0. The van der Waals surface area contributed by atoms with Crippen molar-refractivity contribution in [2.75, 3.05) is 0 Å². The minimum atomic E-state index is -0.991. The minimum Gasteiger partial charge on any atom is -0.481 e. The molecule has 15 heavy (non-hydrogen) atoms. The van der Waals surface area contributed by atoms with Crippen molar-refractivity contribution < 1.29 is 19.4 Å². The maximum atomic E-state index is 11.1. The van der Waals surface area contributed by atoms with Crippen LogP contribution in [0.1, 0.15) is 18.1 Å². The van der Waals surface area contributed by atoms with Crippen molar-refractivity contribution in [3.05, 3.63) is 35.9 Å². The van der Waals surface area contributed by atoms with Crippen LogP contribution in [0.25, 0.3) is 0 Å². The van der Waals surface area contributed by atoms with Gasteiger partial charge in [0.1, 0.15) is 12.0 Å². The van der Waals surface area contributed by atoms with Crippen LogP contribution in [0.4, 0.5) is 0 Å². The second-order valence-electron chi connectivity index (χ2n) is 3.47. The van der Waals surface area contributed by atoms with Crippen LogP contribution < -0.4 is 0 Å². The number of ether oxygens (including phenoxy) is 1. The number of carbonyl (C=O) groups excluding carboxylic acids is 1. The molecule has 1 fully saturated rings. The van der Waals surface area contributed by atoms with Crippen molar-refractivity contribution >= 4 is 11.9 Å². The Morgan fingerprint density at radius 2 is 2.00 bits per heavy atom. The van der Waals surface area contributed by atoms with Gasteiger partial charge in [0.25, 0.3) is 0 Å². The quantitative estimate of drug-likeness (QED) is 0.742. The molecule has 1 aromatic carbocycles. The van der Waals surface area contributed by atoms with Gasteiger partial charge in [-0.2, -0.15) is 0 Å². The van der Waals surface area contributed by atoms with Crippen LogP contribution in [0.15, 0.2) is 30.3 Å². The molecule has 4 heteroatoms. The van der Waals surface area contributed by atoms with Gasteiger partial charge in [-0.15, -0.1) is 0 Å². The van der Waals surface area contributed by atoms with E-state index in [0.29, 0.717) is 0 Å². The number of cyclic esters (lactones) is 1. The number of benzene rings is 1. The van der Waals surface area contributed by atoms with Gasteiger partial charge in [0.15, 0.2) is 0 Å². The summed E-state index contributed by atoms with van der Waals surface area (Å²) in [4.78, 5) is 22.0. The number of carbonyl (C=O) groups is 2. The van der Waals surface area contributed by atoms with Crippen LogP contribution in [-0.2, 0) is 14.3 Å². The summed E-state index contributed by atoms with van der Waals surface area (Å²) < 4.78 is 5.00. The second-order valence-corrected chi connectivity index (χ2v) is 3.47. The number of hydrogen-bond acceptors (Lipinski definition) is 3. The fourth-order valence-corrected chi connectivity index (χ4v) is 1.72. The van der Waals surface area contributed by atoms with Crippen LogP contribution in [0, 0.1) is 5.92 Å². The Hall–Kier alpha value is -1.84. The van der Waals surface area contributed by atoms with Crippen molar-refractivity contribution in [1.82, 2.24) is 0 Å².